The Morgan fingerprint density at radius 2 is 1.74 bits per heavy atom. The van der Waals surface area contributed by atoms with Crippen molar-refractivity contribution in [3.63, 3.8) is 0 Å². The number of hydrogen-bond donors (Lipinski definition) is 1. The van der Waals surface area contributed by atoms with Gasteiger partial charge in [0, 0.05) is 19.2 Å². The lowest BCUT2D eigenvalue weighted by Gasteiger charge is -2.18. The van der Waals surface area contributed by atoms with Crippen molar-refractivity contribution < 1.29 is 27.1 Å². The predicted molar refractivity (Wildman–Crippen MR) is 99.4 cm³/mol. The molecule has 146 valence electrons. The quantitative estimate of drug-likeness (QED) is 0.750. The van der Waals surface area contributed by atoms with Gasteiger partial charge in [-0.1, -0.05) is 11.6 Å². The third-order valence-electron chi connectivity index (χ3n) is 3.64. The van der Waals surface area contributed by atoms with Gasteiger partial charge in [-0.2, -0.15) is 4.31 Å². The van der Waals surface area contributed by atoms with Gasteiger partial charge in [0.1, 0.15) is 17.3 Å². The van der Waals surface area contributed by atoms with Crippen molar-refractivity contribution in [1.82, 2.24) is 4.31 Å². The van der Waals surface area contributed by atoms with E-state index in [4.69, 9.17) is 21.1 Å². The van der Waals surface area contributed by atoms with Crippen molar-refractivity contribution in [3.05, 3.63) is 47.2 Å². The smallest absolute Gasteiger partial charge is 0.243 e. The largest absolute Gasteiger partial charge is 0.495 e. The summed E-state index contributed by atoms with van der Waals surface area (Å²) in [6, 6.07) is 7.26. The van der Waals surface area contributed by atoms with Crippen molar-refractivity contribution in [1.29, 1.82) is 0 Å². The van der Waals surface area contributed by atoms with Crippen LogP contribution in [0.2, 0.25) is 5.02 Å². The standard InChI is InChI=1S/C17H18ClFN2O5S/c1-21(27(23,24)12-6-4-11(19)5-7-12)10-17(22)20-14-9-15(25-2)13(18)8-16(14)26-3/h4-9H,10H2,1-3H3,(H,20,22). The summed E-state index contributed by atoms with van der Waals surface area (Å²) in [5.74, 6) is -0.553. The van der Waals surface area contributed by atoms with E-state index in [1.54, 1.807) is 0 Å². The first-order valence-corrected chi connectivity index (χ1v) is 9.44. The van der Waals surface area contributed by atoms with E-state index in [0.717, 1.165) is 28.6 Å². The number of sulfonamides is 1. The molecule has 0 heterocycles. The van der Waals surface area contributed by atoms with E-state index in [-0.39, 0.29) is 16.3 Å². The zero-order valence-corrected chi connectivity index (χ0v) is 16.4. The van der Waals surface area contributed by atoms with Crippen LogP contribution in [0.5, 0.6) is 11.5 Å². The monoisotopic (exact) mass is 416 g/mol. The summed E-state index contributed by atoms with van der Waals surface area (Å²) in [4.78, 5) is 12.2. The summed E-state index contributed by atoms with van der Waals surface area (Å²) >= 11 is 6.01. The van der Waals surface area contributed by atoms with E-state index in [2.05, 4.69) is 5.32 Å². The Kier molecular flexibility index (Phi) is 6.63. The minimum absolute atomic E-state index is 0.120. The summed E-state index contributed by atoms with van der Waals surface area (Å²) in [7, 11) is 0.119. The minimum atomic E-state index is -3.95. The molecule has 2 aromatic carbocycles. The van der Waals surface area contributed by atoms with Crippen molar-refractivity contribution in [2.24, 2.45) is 0 Å². The van der Waals surface area contributed by atoms with E-state index < -0.39 is 28.3 Å². The predicted octanol–water partition coefficient (Wildman–Crippen LogP) is 2.76. The molecule has 1 amide bonds. The van der Waals surface area contributed by atoms with Gasteiger partial charge in [-0.3, -0.25) is 4.79 Å². The summed E-state index contributed by atoms with van der Waals surface area (Å²) in [5, 5.41) is 2.85. The summed E-state index contributed by atoms with van der Waals surface area (Å²) in [5.41, 5.74) is 0.274. The number of carbonyl (C=O) groups is 1. The molecule has 0 radical (unpaired) electrons. The molecule has 0 bridgehead atoms. The van der Waals surface area contributed by atoms with Gasteiger partial charge < -0.3 is 14.8 Å². The molecule has 0 aliphatic heterocycles. The number of halogens is 2. The van der Waals surface area contributed by atoms with Crippen LogP contribution >= 0.6 is 11.6 Å². The first-order valence-electron chi connectivity index (χ1n) is 7.62. The molecular formula is C17H18ClFN2O5S. The number of likely N-dealkylation sites (N-methyl/N-ethyl adjacent to an activating group) is 1. The highest BCUT2D eigenvalue weighted by Gasteiger charge is 2.23. The minimum Gasteiger partial charge on any atom is -0.495 e. The molecule has 0 aliphatic rings. The second-order valence-corrected chi connectivity index (χ2v) is 7.90. The van der Waals surface area contributed by atoms with Crippen molar-refractivity contribution >= 4 is 33.2 Å². The lowest BCUT2D eigenvalue weighted by atomic mass is 10.2. The zero-order valence-electron chi connectivity index (χ0n) is 14.8. The maximum Gasteiger partial charge on any atom is 0.243 e. The summed E-state index contributed by atoms with van der Waals surface area (Å²) in [6.45, 7) is -0.464. The number of benzene rings is 2. The molecule has 0 fully saturated rings. The molecule has 2 aromatic rings. The molecule has 7 nitrogen and oxygen atoms in total. The summed E-state index contributed by atoms with van der Waals surface area (Å²) in [6.07, 6.45) is 0. The topological polar surface area (TPSA) is 84.9 Å². The molecule has 0 saturated heterocycles. The lowest BCUT2D eigenvalue weighted by molar-refractivity contribution is -0.116. The number of nitrogens with zero attached hydrogens (tertiary/aromatic N) is 1. The Morgan fingerprint density at radius 3 is 2.30 bits per heavy atom. The second-order valence-electron chi connectivity index (χ2n) is 5.45. The van der Waals surface area contributed by atoms with Crippen LogP contribution in [0, 0.1) is 5.82 Å². The van der Waals surface area contributed by atoms with E-state index in [1.165, 1.54) is 33.4 Å². The molecule has 27 heavy (non-hydrogen) atoms. The third-order valence-corrected chi connectivity index (χ3v) is 5.75. The van der Waals surface area contributed by atoms with Crippen molar-refractivity contribution in [3.8, 4) is 11.5 Å². The molecule has 0 aliphatic carbocycles. The van der Waals surface area contributed by atoms with Gasteiger partial charge in [0.05, 0.1) is 36.4 Å². The molecular weight excluding hydrogens is 399 g/mol. The Bertz CT molecular complexity index is 935. The SMILES string of the molecule is COc1cc(NC(=O)CN(C)S(=O)(=O)c2ccc(F)cc2)c(OC)cc1Cl. The fourth-order valence-electron chi connectivity index (χ4n) is 2.22. The molecule has 2 rings (SSSR count). The molecule has 0 atom stereocenters. The number of methoxy groups -OCH3 is 2. The molecule has 0 saturated carbocycles. The first-order chi connectivity index (χ1) is 12.7. The van der Waals surface area contributed by atoms with Crippen LogP contribution in [0.25, 0.3) is 0 Å². The highest BCUT2D eigenvalue weighted by molar-refractivity contribution is 7.89. The Hall–Kier alpha value is -2.36. The number of rotatable bonds is 7. The van der Waals surface area contributed by atoms with Gasteiger partial charge in [0.15, 0.2) is 0 Å². The van der Waals surface area contributed by atoms with Crippen LogP contribution in [-0.4, -0.2) is 46.4 Å². The van der Waals surface area contributed by atoms with E-state index in [0.29, 0.717) is 10.8 Å². The van der Waals surface area contributed by atoms with Crippen LogP contribution in [-0.2, 0) is 14.8 Å². The van der Waals surface area contributed by atoms with E-state index >= 15 is 0 Å². The van der Waals surface area contributed by atoms with Gasteiger partial charge >= 0.3 is 0 Å². The molecule has 1 N–H and O–H groups in total. The van der Waals surface area contributed by atoms with Gasteiger partial charge in [-0.25, -0.2) is 12.8 Å². The van der Waals surface area contributed by atoms with Crippen LogP contribution in [0.1, 0.15) is 0 Å². The maximum atomic E-state index is 13.0. The van der Waals surface area contributed by atoms with E-state index in [9.17, 15) is 17.6 Å². The average Bonchev–Trinajstić information content (AvgIpc) is 2.62. The molecule has 0 unspecified atom stereocenters. The summed E-state index contributed by atoms with van der Waals surface area (Å²) < 4.78 is 49.0. The normalized spacial score (nSPS) is 11.3. The Balaban J connectivity index is 2.16. The Labute approximate surface area is 161 Å². The number of hydrogen-bond acceptors (Lipinski definition) is 5. The fourth-order valence-corrected chi connectivity index (χ4v) is 3.58. The van der Waals surface area contributed by atoms with Gasteiger partial charge in [0.2, 0.25) is 15.9 Å². The maximum absolute atomic E-state index is 13.0. The number of ether oxygens (including phenoxy) is 2. The van der Waals surface area contributed by atoms with Gasteiger partial charge in [0.25, 0.3) is 0 Å². The van der Waals surface area contributed by atoms with Crippen molar-refractivity contribution in [2.75, 3.05) is 33.1 Å². The molecule has 10 heteroatoms. The lowest BCUT2D eigenvalue weighted by Crippen LogP contribution is -2.35. The van der Waals surface area contributed by atoms with Crippen LogP contribution in [0.3, 0.4) is 0 Å². The zero-order chi connectivity index (χ0) is 20.2. The third kappa shape index (κ3) is 4.88. The highest BCUT2D eigenvalue weighted by Crippen LogP contribution is 2.35. The van der Waals surface area contributed by atoms with Crippen LogP contribution < -0.4 is 14.8 Å². The first kappa shape index (κ1) is 20.9. The van der Waals surface area contributed by atoms with Crippen molar-refractivity contribution in [2.45, 2.75) is 4.90 Å². The highest BCUT2D eigenvalue weighted by atomic mass is 35.5. The average molecular weight is 417 g/mol. The number of nitrogens with one attached hydrogen (secondary N) is 1. The van der Waals surface area contributed by atoms with Crippen LogP contribution in [0.4, 0.5) is 10.1 Å². The fraction of sp³-hybridized carbons (Fsp3) is 0.235. The van der Waals surface area contributed by atoms with Gasteiger partial charge in [-0.05, 0) is 24.3 Å². The molecule has 0 spiro atoms. The Morgan fingerprint density at radius 1 is 1.15 bits per heavy atom. The number of carbonyl (C=O) groups excluding carboxylic acids is 1. The van der Waals surface area contributed by atoms with Crippen LogP contribution in [0.15, 0.2) is 41.3 Å². The second kappa shape index (κ2) is 8.55. The number of amides is 1. The molecule has 0 aromatic heterocycles. The van der Waals surface area contributed by atoms with Gasteiger partial charge in [-0.15, -0.1) is 0 Å². The number of anilines is 1. The van der Waals surface area contributed by atoms with E-state index in [1.807, 2.05) is 0 Å².